The third-order valence-corrected chi connectivity index (χ3v) is 3.93. The number of aromatic amines is 2. The van der Waals surface area contributed by atoms with Gasteiger partial charge in [0.2, 0.25) is 0 Å². The second-order valence-corrected chi connectivity index (χ2v) is 5.41. The lowest BCUT2D eigenvalue weighted by atomic mass is 9.98. The van der Waals surface area contributed by atoms with E-state index in [2.05, 4.69) is 15.2 Å². The quantitative estimate of drug-likeness (QED) is 0.882. The molecule has 3 rings (SSSR count). The maximum absolute atomic E-state index is 12.7. The van der Waals surface area contributed by atoms with Crippen molar-refractivity contribution in [2.45, 2.75) is 32.2 Å². The molecule has 2 aromatic rings. The number of piperidine rings is 1. The molecule has 6 nitrogen and oxygen atoms in total. The summed E-state index contributed by atoms with van der Waals surface area (Å²) in [4.78, 5) is 29.2. The summed E-state index contributed by atoms with van der Waals surface area (Å²) in [5.74, 6) is -0.212. The molecule has 1 fully saturated rings. The van der Waals surface area contributed by atoms with Crippen LogP contribution in [0.25, 0.3) is 0 Å². The number of nitrogens with one attached hydrogen (secondary N) is 2. The highest BCUT2D eigenvalue weighted by atomic mass is 16.2. The molecule has 1 aliphatic heterocycles. The van der Waals surface area contributed by atoms with Crippen molar-refractivity contribution in [3.63, 3.8) is 0 Å². The Morgan fingerprint density at radius 1 is 1.33 bits per heavy atom. The Morgan fingerprint density at radius 3 is 2.90 bits per heavy atom. The van der Waals surface area contributed by atoms with Gasteiger partial charge in [-0.1, -0.05) is 0 Å². The fourth-order valence-electron chi connectivity index (χ4n) is 2.85. The summed E-state index contributed by atoms with van der Waals surface area (Å²) in [5.41, 5.74) is 1.55. The number of likely N-dealkylation sites (tertiary alicyclic amines) is 1. The Labute approximate surface area is 122 Å². The van der Waals surface area contributed by atoms with Gasteiger partial charge in [-0.2, -0.15) is 5.10 Å². The van der Waals surface area contributed by atoms with Crippen molar-refractivity contribution < 1.29 is 4.79 Å². The maximum atomic E-state index is 12.7. The number of hydrogen-bond donors (Lipinski definition) is 2. The number of H-pyrrole nitrogens is 2. The minimum absolute atomic E-state index is 0.0329. The Bertz CT molecular complexity index is 690. The molecule has 3 heterocycles. The molecule has 0 spiro atoms. The second kappa shape index (κ2) is 5.55. The van der Waals surface area contributed by atoms with Crippen LogP contribution in [0.3, 0.4) is 0 Å². The van der Waals surface area contributed by atoms with Gasteiger partial charge in [0.25, 0.3) is 11.5 Å². The van der Waals surface area contributed by atoms with Crippen molar-refractivity contribution in [3.05, 3.63) is 51.7 Å². The van der Waals surface area contributed by atoms with Crippen molar-refractivity contribution in [1.82, 2.24) is 20.1 Å². The van der Waals surface area contributed by atoms with Crippen LogP contribution in [0.1, 0.15) is 47.1 Å². The number of carbonyl (C=O) groups is 1. The number of nitrogens with zero attached hydrogens (tertiary/aromatic N) is 2. The molecule has 21 heavy (non-hydrogen) atoms. The van der Waals surface area contributed by atoms with Crippen LogP contribution in [0.2, 0.25) is 0 Å². The van der Waals surface area contributed by atoms with E-state index in [0.29, 0.717) is 6.54 Å². The summed E-state index contributed by atoms with van der Waals surface area (Å²) in [5, 5.41) is 6.90. The van der Waals surface area contributed by atoms with E-state index in [9.17, 15) is 9.59 Å². The molecule has 0 bridgehead atoms. The molecule has 2 aromatic heterocycles. The van der Waals surface area contributed by atoms with Gasteiger partial charge >= 0.3 is 0 Å². The molecule has 6 heteroatoms. The molecule has 0 aromatic carbocycles. The number of hydrogen-bond acceptors (Lipinski definition) is 3. The van der Waals surface area contributed by atoms with Crippen molar-refractivity contribution in [2.24, 2.45) is 0 Å². The zero-order chi connectivity index (χ0) is 14.8. The van der Waals surface area contributed by atoms with Gasteiger partial charge in [-0.15, -0.1) is 0 Å². The maximum Gasteiger partial charge on any atom is 0.260 e. The van der Waals surface area contributed by atoms with Gasteiger partial charge in [0.1, 0.15) is 5.56 Å². The predicted octanol–water partition coefficient (Wildman–Crippen LogP) is 1.77. The number of carbonyl (C=O) groups excluding carboxylic acids is 1. The first-order valence-corrected chi connectivity index (χ1v) is 7.17. The molecule has 0 radical (unpaired) electrons. The zero-order valence-corrected chi connectivity index (χ0v) is 11.9. The van der Waals surface area contributed by atoms with E-state index in [1.54, 1.807) is 30.2 Å². The van der Waals surface area contributed by atoms with E-state index in [4.69, 9.17) is 0 Å². The molecule has 1 atom stereocenters. The van der Waals surface area contributed by atoms with Gasteiger partial charge in [0.05, 0.1) is 11.7 Å². The first-order valence-electron chi connectivity index (χ1n) is 7.17. The fourth-order valence-corrected chi connectivity index (χ4v) is 2.85. The van der Waals surface area contributed by atoms with Crippen LogP contribution >= 0.6 is 0 Å². The molecule has 1 unspecified atom stereocenters. The third kappa shape index (κ3) is 2.61. The minimum atomic E-state index is -0.325. The third-order valence-electron chi connectivity index (χ3n) is 3.93. The van der Waals surface area contributed by atoms with Crippen molar-refractivity contribution >= 4 is 5.91 Å². The second-order valence-electron chi connectivity index (χ2n) is 5.41. The number of aromatic nitrogens is 3. The van der Waals surface area contributed by atoms with E-state index in [-0.39, 0.29) is 23.1 Å². The van der Waals surface area contributed by atoms with E-state index < -0.39 is 0 Å². The SMILES string of the molecule is Cc1ccc(C(=O)N2CCCCC2c2ccn[nH]2)c(=O)[nH]1. The predicted molar refractivity (Wildman–Crippen MR) is 78.0 cm³/mol. The van der Waals surface area contributed by atoms with E-state index in [0.717, 1.165) is 30.7 Å². The lowest BCUT2D eigenvalue weighted by Gasteiger charge is -2.35. The molecule has 1 aliphatic rings. The summed E-state index contributed by atoms with van der Waals surface area (Å²) in [6.07, 6.45) is 4.60. The van der Waals surface area contributed by atoms with Gasteiger partial charge in [0, 0.05) is 18.4 Å². The van der Waals surface area contributed by atoms with Crippen LogP contribution in [-0.4, -0.2) is 32.5 Å². The van der Waals surface area contributed by atoms with Crippen LogP contribution in [0.4, 0.5) is 0 Å². The highest BCUT2D eigenvalue weighted by molar-refractivity contribution is 5.94. The van der Waals surface area contributed by atoms with Crippen molar-refractivity contribution in [3.8, 4) is 0 Å². The molecule has 110 valence electrons. The van der Waals surface area contributed by atoms with E-state index in [1.165, 1.54) is 0 Å². The van der Waals surface area contributed by atoms with Crippen molar-refractivity contribution in [2.75, 3.05) is 6.54 Å². The lowest BCUT2D eigenvalue weighted by molar-refractivity contribution is 0.0604. The molecule has 1 saturated heterocycles. The fraction of sp³-hybridized carbons (Fsp3) is 0.400. The van der Waals surface area contributed by atoms with Crippen molar-refractivity contribution in [1.29, 1.82) is 0 Å². The first kappa shape index (κ1) is 13.6. The summed E-state index contributed by atoms with van der Waals surface area (Å²) in [7, 11) is 0. The minimum Gasteiger partial charge on any atom is -0.330 e. The van der Waals surface area contributed by atoms with Gasteiger partial charge < -0.3 is 9.88 Å². The normalized spacial score (nSPS) is 18.7. The number of rotatable bonds is 2. The summed E-state index contributed by atoms with van der Waals surface area (Å²) in [6, 6.07) is 5.21. The Balaban J connectivity index is 1.93. The molecule has 2 N–H and O–H groups in total. The highest BCUT2D eigenvalue weighted by Crippen LogP contribution is 2.30. The molecule has 0 saturated carbocycles. The highest BCUT2D eigenvalue weighted by Gasteiger charge is 2.30. The van der Waals surface area contributed by atoms with E-state index >= 15 is 0 Å². The van der Waals surface area contributed by atoms with E-state index in [1.807, 2.05) is 6.07 Å². The Kier molecular flexibility index (Phi) is 3.60. The molecular formula is C15H18N4O2. The molecule has 0 aliphatic carbocycles. The first-order chi connectivity index (χ1) is 10.2. The van der Waals surface area contributed by atoms with Crippen LogP contribution in [0.5, 0.6) is 0 Å². The standard InChI is InChI=1S/C15H18N4O2/c1-10-5-6-11(14(20)17-10)15(21)19-9-3-2-4-13(19)12-7-8-16-18-12/h5-8,13H,2-4,9H2,1H3,(H,16,18)(H,17,20). The summed E-state index contributed by atoms with van der Waals surface area (Å²) < 4.78 is 0. The van der Waals surface area contributed by atoms with Crippen LogP contribution in [0, 0.1) is 6.92 Å². The Hall–Kier alpha value is -2.37. The monoisotopic (exact) mass is 286 g/mol. The van der Waals surface area contributed by atoms with Crippen LogP contribution in [-0.2, 0) is 0 Å². The van der Waals surface area contributed by atoms with Gasteiger partial charge in [-0.25, -0.2) is 0 Å². The van der Waals surface area contributed by atoms with Gasteiger partial charge in [0.15, 0.2) is 0 Å². The lowest BCUT2D eigenvalue weighted by Crippen LogP contribution is -2.40. The number of pyridine rings is 1. The van der Waals surface area contributed by atoms with Gasteiger partial charge in [-0.05, 0) is 44.4 Å². The average Bonchev–Trinajstić information content (AvgIpc) is 3.01. The van der Waals surface area contributed by atoms with Gasteiger partial charge in [-0.3, -0.25) is 14.7 Å². The smallest absolute Gasteiger partial charge is 0.260 e. The average molecular weight is 286 g/mol. The largest absolute Gasteiger partial charge is 0.330 e. The number of amides is 1. The summed E-state index contributed by atoms with van der Waals surface area (Å²) in [6.45, 7) is 2.46. The van der Waals surface area contributed by atoms with Crippen LogP contribution in [0.15, 0.2) is 29.2 Å². The topological polar surface area (TPSA) is 81.8 Å². The molecular weight excluding hydrogens is 268 g/mol. The summed E-state index contributed by atoms with van der Waals surface area (Å²) >= 11 is 0. The van der Waals surface area contributed by atoms with Crippen LogP contribution < -0.4 is 5.56 Å². The number of aryl methyl sites for hydroxylation is 1. The molecule has 1 amide bonds. The zero-order valence-electron chi connectivity index (χ0n) is 11.9. The Morgan fingerprint density at radius 2 is 2.19 bits per heavy atom.